The van der Waals surface area contributed by atoms with Gasteiger partial charge in [-0.3, -0.25) is 4.99 Å². The molecule has 0 aliphatic carbocycles. The lowest BCUT2D eigenvalue weighted by molar-refractivity contribution is -0.210. The maximum atomic E-state index is 6.02. The van der Waals surface area contributed by atoms with E-state index in [1.54, 1.807) is 0 Å². The summed E-state index contributed by atoms with van der Waals surface area (Å²) in [6.07, 6.45) is 1.52. The van der Waals surface area contributed by atoms with Gasteiger partial charge in [0.2, 0.25) is 0 Å². The van der Waals surface area contributed by atoms with Gasteiger partial charge in [-0.2, -0.15) is 0 Å². The van der Waals surface area contributed by atoms with Crippen molar-refractivity contribution in [2.24, 2.45) is 10.7 Å². The molecule has 2 fully saturated rings. The molecule has 3 rings (SSSR count). The third kappa shape index (κ3) is 3.76. The van der Waals surface area contributed by atoms with Gasteiger partial charge >= 0.3 is 0 Å². The summed E-state index contributed by atoms with van der Waals surface area (Å²) < 4.78 is 17.2. The van der Waals surface area contributed by atoms with Gasteiger partial charge in [0.05, 0.1) is 26.4 Å². The molecule has 0 saturated carbocycles. The molecular weight excluding hydrogens is 282 g/mol. The molecule has 0 amide bonds. The maximum Gasteiger partial charge on any atom is 0.193 e. The summed E-state index contributed by atoms with van der Waals surface area (Å²) in [7, 11) is 0. The van der Waals surface area contributed by atoms with E-state index < -0.39 is 5.79 Å². The standard InChI is InChI=1S/C16H23N3O3/c1-12-3-2-4-13(9-12)19-15(17)18-10-14-11-21-16(22-14)5-7-20-8-6-16/h2-4,9,14H,5-8,10-11H2,1H3,(H3,17,18,19). The quantitative estimate of drug-likeness (QED) is 0.656. The second-order valence-corrected chi connectivity index (χ2v) is 5.79. The van der Waals surface area contributed by atoms with Crippen LogP contribution in [0.25, 0.3) is 0 Å². The zero-order chi connectivity index (χ0) is 15.4. The highest BCUT2D eigenvalue weighted by molar-refractivity contribution is 5.92. The maximum absolute atomic E-state index is 6.02. The average Bonchev–Trinajstić information content (AvgIpc) is 2.89. The molecule has 6 nitrogen and oxygen atoms in total. The number of rotatable bonds is 3. The third-order valence-corrected chi connectivity index (χ3v) is 3.92. The van der Waals surface area contributed by atoms with Gasteiger partial charge in [-0.15, -0.1) is 0 Å². The Hall–Kier alpha value is -1.63. The molecule has 0 aromatic heterocycles. The van der Waals surface area contributed by atoms with Crippen LogP contribution in [-0.2, 0) is 14.2 Å². The zero-order valence-corrected chi connectivity index (χ0v) is 12.9. The van der Waals surface area contributed by atoms with E-state index in [4.69, 9.17) is 19.9 Å². The van der Waals surface area contributed by atoms with Crippen LogP contribution in [0, 0.1) is 6.92 Å². The van der Waals surface area contributed by atoms with Crippen LogP contribution in [0.3, 0.4) is 0 Å². The van der Waals surface area contributed by atoms with Crippen LogP contribution < -0.4 is 11.1 Å². The minimum absolute atomic E-state index is 0.0454. The lowest BCUT2D eigenvalue weighted by Gasteiger charge is -2.31. The molecule has 1 spiro atoms. The summed E-state index contributed by atoms with van der Waals surface area (Å²) in [5.74, 6) is -0.0703. The molecule has 0 radical (unpaired) electrons. The van der Waals surface area contributed by atoms with Crippen molar-refractivity contribution < 1.29 is 14.2 Å². The number of nitrogens with one attached hydrogen (secondary N) is 1. The van der Waals surface area contributed by atoms with E-state index >= 15 is 0 Å². The van der Waals surface area contributed by atoms with Crippen molar-refractivity contribution in [3.05, 3.63) is 29.8 Å². The highest BCUT2D eigenvalue weighted by Crippen LogP contribution is 2.33. The van der Waals surface area contributed by atoms with E-state index in [2.05, 4.69) is 10.3 Å². The lowest BCUT2D eigenvalue weighted by Crippen LogP contribution is -2.38. The second kappa shape index (κ2) is 6.64. The summed E-state index contributed by atoms with van der Waals surface area (Å²) in [5.41, 5.74) is 8.04. The molecule has 1 aromatic rings. The number of ether oxygens (including phenoxy) is 3. The topological polar surface area (TPSA) is 78.1 Å². The first-order valence-electron chi connectivity index (χ1n) is 7.68. The summed E-state index contributed by atoms with van der Waals surface area (Å²) >= 11 is 0. The summed E-state index contributed by atoms with van der Waals surface area (Å²) in [6.45, 7) is 4.46. The largest absolute Gasteiger partial charge is 0.381 e. The molecule has 2 saturated heterocycles. The van der Waals surface area contributed by atoms with Gasteiger partial charge in [-0.25, -0.2) is 0 Å². The number of hydrogen-bond donors (Lipinski definition) is 2. The predicted octanol–water partition coefficient (Wildman–Crippen LogP) is 1.64. The monoisotopic (exact) mass is 305 g/mol. The van der Waals surface area contributed by atoms with E-state index in [9.17, 15) is 0 Å². The summed E-state index contributed by atoms with van der Waals surface area (Å²) in [6, 6.07) is 8.00. The van der Waals surface area contributed by atoms with Crippen molar-refractivity contribution in [1.29, 1.82) is 0 Å². The molecule has 2 aliphatic heterocycles. The Morgan fingerprint density at radius 1 is 1.41 bits per heavy atom. The normalized spacial score (nSPS) is 24.6. The highest BCUT2D eigenvalue weighted by Gasteiger charge is 2.42. The number of hydrogen-bond acceptors (Lipinski definition) is 4. The lowest BCUT2D eigenvalue weighted by atomic mass is 10.1. The summed E-state index contributed by atoms with van der Waals surface area (Å²) in [4.78, 5) is 4.36. The van der Waals surface area contributed by atoms with Crippen LogP contribution in [0.1, 0.15) is 18.4 Å². The van der Waals surface area contributed by atoms with Gasteiger partial charge in [-0.05, 0) is 24.6 Å². The van der Waals surface area contributed by atoms with Gasteiger partial charge in [0.15, 0.2) is 11.7 Å². The first-order valence-corrected chi connectivity index (χ1v) is 7.68. The molecular formula is C16H23N3O3. The van der Waals surface area contributed by atoms with Gasteiger partial charge in [0.1, 0.15) is 6.10 Å². The van der Waals surface area contributed by atoms with Crippen LogP contribution in [-0.4, -0.2) is 44.2 Å². The van der Waals surface area contributed by atoms with Crippen LogP contribution >= 0.6 is 0 Å². The Bertz CT molecular complexity index is 541. The Morgan fingerprint density at radius 2 is 2.23 bits per heavy atom. The van der Waals surface area contributed by atoms with E-state index in [0.29, 0.717) is 32.3 Å². The third-order valence-electron chi connectivity index (χ3n) is 3.92. The van der Waals surface area contributed by atoms with Crippen LogP contribution in [0.15, 0.2) is 29.3 Å². The summed E-state index contributed by atoms with van der Waals surface area (Å²) in [5, 5.41) is 3.09. The molecule has 120 valence electrons. The molecule has 22 heavy (non-hydrogen) atoms. The van der Waals surface area contributed by atoms with Gasteiger partial charge < -0.3 is 25.3 Å². The van der Waals surface area contributed by atoms with Gasteiger partial charge in [0.25, 0.3) is 0 Å². The first kappa shape index (κ1) is 15.3. The molecule has 1 aromatic carbocycles. The second-order valence-electron chi connectivity index (χ2n) is 5.79. The fraction of sp³-hybridized carbons (Fsp3) is 0.562. The van der Waals surface area contributed by atoms with Gasteiger partial charge in [0, 0.05) is 18.5 Å². The van der Waals surface area contributed by atoms with Crippen molar-refractivity contribution in [2.45, 2.75) is 31.7 Å². The number of aliphatic imine (C=N–C) groups is 1. The minimum atomic E-state index is -0.461. The van der Waals surface area contributed by atoms with Crippen molar-refractivity contribution >= 4 is 11.6 Å². The Morgan fingerprint density at radius 3 is 3.00 bits per heavy atom. The molecule has 0 bridgehead atoms. The first-order chi connectivity index (χ1) is 10.7. The number of benzene rings is 1. The van der Waals surface area contributed by atoms with E-state index in [1.807, 2.05) is 31.2 Å². The van der Waals surface area contributed by atoms with Crippen LogP contribution in [0.2, 0.25) is 0 Å². The number of guanidine groups is 1. The Balaban J connectivity index is 1.51. The SMILES string of the molecule is Cc1cccc(NC(N)=NCC2COC3(CCOCC3)O2)c1. The van der Waals surface area contributed by atoms with Crippen molar-refractivity contribution in [1.82, 2.24) is 0 Å². The average molecular weight is 305 g/mol. The van der Waals surface area contributed by atoms with E-state index in [1.165, 1.54) is 5.56 Å². The highest BCUT2D eigenvalue weighted by atomic mass is 16.7. The fourth-order valence-corrected chi connectivity index (χ4v) is 2.76. The van der Waals surface area contributed by atoms with Gasteiger partial charge in [-0.1, -0.05) is 12.1 Å². The number of nitrogens with two attached hydrogens (primary N) is 1. The Kier molecular flexibility index (Phi) is 4.61. The van der Waals surface area contributed by atoms with Crippen LogP contribution in [0.4, 0.5) is 5.69 Å². The smallest absolute Gasteiger partial charge is 0.193 e. The molecule has 1 unspecified atom stereocenters. The number of nitrogens with zero attached hydrogens (tertiary/aromatic N) is 1. The van der Waals surface area contributed by atoms with Crippen LogP contribution in [0.5, 0.6) is 0 Å². The molecule has 1 atom stereocenters. The minimum Gasteiger partial charge on any atom is -0.381 e. The predicted molar refractivity (Wildman–Crippen MR) is 84.9 cm³/mol. The number of anilines is 1. The Labute approximate surface area is 130 Å². The van der Waals surface area contributed by atoms with Crippen molar-refractivity contribution in [3.8, 4) is 0 Å². The molecule has 3 N–H and O–H groups in total. The van der Waals surface area contributed by atoms with E-state index in [0.717, 1.165) is 18.5 Å². The molecule has 2 heterocycles. The molecule has 6 heteroatoms. The number of aryl methyl sites for hydroxylation is 1. The van der Waals surface area contributed by atoms with E-state index in [-0.39, 0.29) is 6.10 Å². The fourth-order valence-electron chi connectivity index (χ4n) is 2.76. The van der Waals surface area contributed by atoms with Crippen molar-refractivity contribution in [3.63, 3.8) is 0 Å². The van der Waals surface area contributed by atoms with Crippen molar-refractivity contribution in [2.75, 3.05) is 31.7 Å². The zero-order valence-electron chi connectivity index (χ0n) is 12.9. The molecule has 2 aliphatic rings.